The topological polar surface area (TPSA) is 58.6 Å². The molecular weight excluding hydrogens is 326 g/mol. The van der Waals surface area contributed by atoms with E-state index in [-0.39, 0.29) is 12.5 Å². The first-order valence-electron chi connectivity index (χ1n) is 7.77. The van der Waals surface area contributed by atoms with E-state index in [1.165, 1.54) is 6.08 Å². The van der Waals surface area contributed by atoms with E-state index in [4.69, 9.17) is 16.3 Å². The van der Waals surface area contributed by atoms with E-state index in [9.17, 15) is 9.90 Å². The Morgan fingerprint density at radius 2 is 2.17 bits per heavy atom. The van der Waals surface area contributed by atoms with Gasteiger partial charge in [0.05, 0.1) is 12.7 Å². The Morgan fingerprint density at radius 3 is 3.00 bits per heavy atom. The minimum Gasteiger partial charge on any atom is -0.493 e. The second-order valence-electron chi connectivity index (χ2n) is 5.58. The number of ether oxygens (including phenoxy) is 1. The van der Waals surface area contributed by atoms with Gasteiger partial charge in [0.15, 0.2) is 0 Å². The summed E-state index contributed by atoms with van der Waals surface area (Å²) < 4.78 is 5.44. The second-order valence-corrected chi connectivity index (χ2v) is 5.99. The zero-order chi connectivity index (χ0) is 16.9. The van der Waals surface area contributed by atoms with Crippen molar-refractivity contribution in [2.45, 2.75) is 12.5 Å². The molecule has 3 rings (SSSR count). The highest BCUT2D eigenvalue weighted by atomic mass is 35.5. The average Bonchev–Trinajstić information content (AvgIpc) is 3.06. The molecule has 0 fully saturated rings. The monoisotopic (exact) mass is 343 g/mol. The fraction of sp³-hybridized carbons (Fsp3) is 0.211. The van der Waals surface area contributed by atoms with Crippen molar-refractivity contribution in [2.24, 2.45) is 0 Å². The molecule has 0 aromatic heterocycles. The van der Waals surface area contributed by atoms with Crippen LogP contribution in [0.1, 0.15) is 22.8 Å². The summed E-state index contributed by atoms with van der Waals surface area (Å²) >= 11 is 6.03. The molecule has 24 heavy (non-hydrogen) atoms. The Kier molecular flexibility index (Phi) is 5.18. The number of hydrogen-bond acceptors (Lipinski definition) is 3. The fourth-order valence-corrected chi connectivity index (χ4v) is 2.76. The van der Waals surface area contributed by atoms with E-state index in [0.29, 0.717) is 11.6 Å². The van der Waals surface area contributed by atoms with Gasteiger partial charge in [-0.3, -0.25) is 4.79 Å². The fourth-order valence-electron chi connectivity index (χ4n) is 2.56. The van der Waals surface area contributed by atoms with E-state index >= 15 is 0 Å². The van der Waals surface area contributed by atoms with Crippen molar-refractivity contribution in [2.75, 3.05) is 13.2 Å². The molecule has 2 aromatic rings. The van der Waals surface area contributed by atoms with Crippen LogP contribution in [0.4, 0.5) is 0 Å². The molecule has 1 heterocycles. The molecule has 1 atom stereocenters. The number of nitrogens with one attached hydrogen (secondary N) is 1. The lowest BCUT2D eigenvalue weighted by Gasteiger charge is -2.12. The summed E-state index contributed by atoms with van der Waals surface area (Å²) in [6, 6.07) is 12.9. The van der Waals surface area contributed by atoms with Crippen LogP contribution in [0.25, 0.3) is 6.08 Å². The van der Waals surface area contributed by atoms with Crippen molar-refractivity contribution in [3.8, 4) is 5.75 Å². The number of aliphatic hydroxyl groups excluding tert-OH is 1. The molecule has 1 amide bonds. The van der Waals surface area contributed by atoms with Crippen LogP contribution in [0.2, 0.25) is 5.02 Å². The zero-order valence-corrected chi connectivity index (χ0v) is 13.8. The Hall–Kier alpha value is -2.30. The molecule has 1 unspecified atom stereocenters. The van der Waals surface area contributed by atoms with E-state index in [1.807, 2.05) is 36.4 Å². The van der Waals surface area contributed by atoms with E-state index in [1.54, 1.807) is 12.1 Å². The molecule has 0 radical (unpaired) electrons. The lowest BCUT2D eigenvalue weighted by Crippen LogP contribution is -2.26. The summed E-state index contributed by atoms with van der Waals surface area (Å²) in [5.74, 6) is 0.594. The molecule has 124 valence electrons. The van der Waals surface area contributed by atoms with Gasteiger partial charge in [-0.15, -0.1) is 0 Å². The van der Waals surface area contributed by atoms with Crippen LogP contribution in [0.3, 0.4) is 0 Å². The molecule has 1 aliphatic rings. The van der Waals surface area contributed by atoms with Crippen molar-refractivity contribution < 1.29 is 14.6 Å². The van der Waals surface area contributed by atoms with Gasteiger partial charge in [-0.2, -0.15) is 0 Å². The largest absolute Gasteiger partial charge is 0.493 e. The number of benzene rings is 2. The Labute approximate surface area is 145 Å². The highest BCUT2D eigenvalue weighted by molar-refractivity contribution is 6.32. The standard InChI is InChI=1S/C19H18ClNO3/c20-16-4-2-1-3-13(16)6-8-19(23)21-12-17(22)14-5-7-18-15(11-14)9-10-24-18/h1-8,11,17,22H,9-10,12H2,(H,21,23)/b8-6+. The van der Waals surface area contributed by atoms with Gasteiger partial charge in [0, 0.05) is 24.1 Å². The first kappa shape index (κ1) is 16.6. The summed E-state index contributed by atoms with van der Waals surface area (Å²) in [4.78, 5) is 11.9. The minimum absolute atomic E-state index is 0.144. The van der Waals surface area contributed by atoms with E-state index < -0.39 is 6.10 Å². The van der Waals surface area contributed by atoms with Gasteiger partial charge in [0.1, 0.15) is 5.75 Å². The predicted molar refractivity (Wildman–Crippen MR) is 94.1 cm³/mol. The summed E-state index contributed by atoms with van der Waals surface area (Å²) in [6.07, 6.45) is 3.15. The number of carbonyl (C=O) groups is 1. The summed E-state index contributed by atoms with van der Waals surface area (Å²) in [5, 5.41) is 13.5. The van der Waals surface area contributed by atoms with Crippen LogP contribution in [-0.2, 0) is 11.2 Å². The van der Waals surface area contributed by atoms with Crippen molar-refractivity contribution in [1.82, 2.24) is 5.32 Å². The van der Waals surface area contributed by atoms with E-state index in [0.717, 1.165) is 28.9 Å². The smallest absolute Gasteiger partial charge is 0.244 e. The third kappa shape index (κ3) is 3.96. The molecule has 0 saturated carbocycles. The van der Waals surface area contributed by atoms with Gasteiger partial charge in [0.25, 0.3) is 0 Å². The molecule has 0 saturated heterocycles. The van der Waals surface area contributed by atoms with Crippen molar-refractivity contribution >= 4 is 23.6 Å². The Morgan fingerprint density at radius 1 is 1.33 bits per heavy atom. The zero-order valence-electron chi connectivity index (χ0n) is 13.0. The maximum absolute atomic E-state index is 11.9. The van der Waals surface area contributed by atoms with Crippen LogP contribution in [-0.4, -0.2) is 24.2 Å². The summed E-state index contributed by atoms with van der Waals surface area (Å²) in [5.41, 5.74) is 2.64. The number of amides is 1. The number of halogens is 1. The van der Waals surface area contributed by atoms with Crippen molar-refractivity contribution in [3.05, 3.63) is 70.3 Å². The van der Waals surface area contributed by atoms with Crippen molar-refractivity contribution in [1.29, 1.82) is 0 Å². The third-order valence-electron chi connectivity index (χ3n) is 3.89. The van der Waals surface area contributed by atoms with Crippen LogP contribution < -0.4 is 10.1 Å². The molecule has 4 nitrogen and oxygen atoms in total. The second kappa shape index (κ2) is 7.51. The maximum atomic E-state index is 11.9. The number of hydrogen-bond donors (Lipinski definition) is 2. The van der Waals surface area contributed by atoms with Gasteiger partial charge < -0.3 is 15.2 Å². The van der Waals surface area contributed by atoms with Crippen LogP contribution in [0, 0.1) is 0 Å². The number of fused-ring (bicyclic) bond motifs is 1. The number of rotatable bonds is 5. The lowest BCUT2D eigenvalue weighted by atomic mass is 10.0. The first-order valence-corrected chi connectivity index (χ1v) is 8.15. The lowest BCUT2D eigenvalue weighted by molar-refractivity contribution is -0.116. The molecule has 2 aromatic carbocycles. The van der Waals surface area contributed by atoms with E-state index in [2.05, 4.69) is 5.32 Å². The van der Waals surface area contributed by atoms with Gasteiger partial charge >= 0.3 is 0 Å². The summed E-state index contributed by atoms with van der Waals surface area (Å²) in [7, 11) is 0. The quantitative estimate of drug-likeness (QED) is 0.820. The molecular formula is C19H18ClNO3. The average molecular weight is 344 g/mol. The van der Waals surface area contributed by atoms with Crippen LogP contribution in [0.5, 0.6) is 5.75 Å². The Balaban J connectivity index is 1.55. The molecule has 1 aliphatic heterocycles. The highest BCUT2D eigenvalue weighted by Gasteiger charge is 2.15. The summed E-state index contributed by atoms with van der Waals surface area (Å²) in [6.45, 7) is 0.823. The van der Waals surface area contributed by atoms with Crippen molar-refractivity contribution in [3.63, 3.8) is 0 Å². The molecule has 0 spiro atoms. The van der Waals surface area contributed by atoms with Gasteiger partial charge in [-0.05, 0) is 41.0 Å². The van der Waals surface area contributed by atoms with Crippen LogP contribution >= 0.6 is 11.6 Å². The molecule has 0 bridgehead atoms. The highest BCUT2D eigenvalue weighted by Crippen LogP contribution is 2.28. The Bertz CT molecular complexity index is 773. The SMILES string of the molecule is O=C(/C=C/c1ccccc1Cl)NCC(O)c1ccc2c(c1)CCO2. The van der Waals surface area contributed by atoms with Gasteiger partial charge in [-0.25, -0.2) is 0 Å². The minimum atomic E-state index is -0.756. The van der Waals surface area contributed by atoms with Crippen LogP contribution in [0.15, 0.2) is 48.5 Å². The third-order valence-corrected chi connectivity index (χ3v) is 4.23. The normalized spacial score (nSPS) is 14.2. The number of carbonyl (C=O) groups excluding carboxylic acids is 1. The van der Waals surface area contributed by atoms with Gasteiger partial charge in [0.2, 0.25) is 5.91 Å². The molecule has 5 heteroatoms. The number of aliphatic hydroxyl groups is 1. The molecule has 2 N–H and O–H groups in total. The molecule has 0 aliphatic carbocycles. The maximum Gasteiger partial charge on any atom is 0.244 e. The predicted octanol–water partition coefficient (Wildman–Crippen LogP) is 3.14. The van der Waals surface area contributed by atoms with Gasteiger partial charge in [-0.1, -0.05) is 35.9 Å². The first-order chi connectivity index (χ1) is 11.6.